The first-order valence-corrected chi connectivity index (χ1v) is 7.82. The first kappa shape index (κ1) is 23.1. The molecule has 1 atom stereocenters. The van der Waals surface area contributed by atoms with Crippen molar-refractivity contribution in [2.75, 3.05) is 51.6 Å². The van der Waals surface area contributed by atoms with Crippen LogP contribution in [-0.4, -0.2) is 112 Å². The lowest BCUT2D eigenvalue weighted by molar-refractivity contribution is -0.152. The molecule has 0 aliphatic rings. The highest BCUT2D eigenvalue weighted by atomic mass is 32.1. The highest BCUT2D eigenvalue weighted by molar-refractivity contribution is 7.80. The summed E-state index contributed by atoms with van der Waals surface area (Å²) in [5, 5.41) is 35.3. The highest BCUT2D eigenvalue weighted by Crippen LogP contribution is 1.99. The molecule has 0 radical (unpaired) electrons. The molecule has 0 saturated carbocycles. The zero-order valence-electron chi connectivity index (χ0n) is 13.4. The SMILES string of the molecule is O=C(O)CN(CCN(CC(=O)O)CC(=O)OC(CO)CS)CC(=O)O. The van der Waals surface area contributed by atoms with E-state index in [-0.39, 0.29) is 18.8 Å². The number of carboxylic acids is 3. The molecule has 0 saturated heterocycles. The summed E-state index contributed by atoms with van der Waals surface area (Å²) < 4.78 is 4.90. The minimum atomic E-state index is -1.23. The van der Waals surface area contributed by atoms with Crippen molar-refractivity contribution in [1.29, 1.82) is 0 Å². The average molecular weight is 382 g/mol. The minimum absolute atomic E-state index is 0.0629. The van der Waals surface area contributed by atoms with E-state index in [1.165, 1.54) is 4.90 Å². The van der Waals surface area contributed by atoms with Crippen molar-refractivity contribution >= 4 is 36.5 Å². The van der Waals surface area contributed by atoms with Crippen LogP contribution < -0.4 is 0 Å². The molecule has 1 unspecified atom stereocenters. The largest absolute Gasteiger partial charge is 0.480 e. The van der Waals surface area contributed by atoms with E-state index in [9.17, 15) is 19.2 Å². The number of nitrogens with zero attached hydrogens (tertiary/aromatic N) is 2. The monoisotopic (exact) mass is 382 g/mol. The van der Waals surface area contributed by atoms with E-state index in [0.717, 1.165) is 4.90 Å². The number of esters is 1. The van der Waals surface area contributed by atoms with Crippen molar-refractivity contribution < 1.29 is 44.3 Å². The summed E-state index contributed by atoms with van der Waals surface area (Å²) in [7, 11) is 0. The lowest BCUT2D eigenvalue weighted by atomic mass is 10.3. The van der Waals surface area contributed by atoms with Crippen LogP contribution in [0.15, 0.2) is 0 Å². The van der Waals surface area contributed by atoms with Gasteiger partial charge >= 0.3 is 23.9 Å². The summed E-state index contributed by atoms with van der Waals surface area (Å²) in [5.74, 6) is -4.37. The molecule has 0 aliphatic heterocycles. The minimum Gasteiger partial charge on any atom is -0.480 e. The van der Waals surface area contributed by atoms with Crippen molar-refractivity contribution in [3.63, 3.8) is 0 Å². The van der Waals surface area contributed by atoms with E-state index in [1.54, 1.807) is 0 Å². The molecule has 0 rings (SSSR count). The molecule has 0 fully saturated rings. The molecule has 12 heteroatoms. The van der Waals surface area contributed by atoms with Gasteiger partial charge in [0, 0.05) is 18.8 Å². The molecule has 25 heavy (non-hydrogen) atoms. The maximum atomic E-state index is 11.8. The Labute approximate surface area is 149 Å². The Balaban J connectivity index is 4.73. The standard InChI is InChI=1S/C13H22N2O9S/c16-7-9(8-25)24-13(23)6-15(5-12(21)22)2-1-14(3-10(17)18)4-11(19)20/h9,16,25H,1-8H2,(H,17,18)(H,19,20)(H,21,22). The lowest BCUT2D eigenvalue weighted by Crippen LogP contribution is -2.44. The van der Waals surface area contributed by atoms with Gasteiger partial charge in [0.25, 0.3) is 0 Å². The van der Waals surface area contributed by atoms with Gasteiger partial charge in [0.05, 0.1) is 32.8 Å². The van der Waals surface area contributed by atoms with Crippen molar-refractivity contribution in [3.05, 3.63) is 0 Å². The van der Waals surface area contributed by atoms with Crippen molar-refractivity contribution in [1.82, 2.24) is 9.80 Å². The van der Waals surface area contributed by atoms with Gasteiger partial charge in [-0.15, -0.1) is 0 Å². The molecule has 0 aliphatic carbocycles. The number of rotatable bonds is 14. The Hall–Kier alpha value is -1.89. The predicted molar refractivity (Wildman–Crippen MR) is 86.6 cm³/mol. The Morgan fingerprint density at radius 3 is 1.56 bits per heavy atom. The van der Waals surface area contributed by atoms with Crippen LogP contribution in [0.2, 0.25) is 0 Å². The number of aliphatic hydroxyl groups is 1. The maximum absolute atomic E-state index is 11.8. The number of aliphatic carboxylic acids is 3. The summed E-state index contributed by atoms with van der Waals surface area (Å²) in [6.45, 7) is -2.58. The number of aliphatic hydroxyl groups excluding tert-OH is 1. The molecule has 0 amide bonds. The number of hydrogen-bond acceptors (Lipinski definition) is 9. The van der Waals surface area contributed by atoms with Crippen molar-refractivity contribution in [2.24, 2.45) is 0 Å². The molecule has 0 heterocycles. The Kier molecular flexibility index (Phi) is 11.5. The summed E-state index contributed by atoms with van der Waals surface area (Å²) in [4.78, 5) is 46.4. The zero-order chi connectivity index (χ0) is 19.4. The van der Waals surface area contributed by atoms with Gasteiger partial charge in [-0.05, 0) is 0 Å². The van der Waals surface area contributed by atoms with Gasteiger partial charge in [0.2, 0.25) is 0 Å². The van der Waals surface area contributed by atoms with Crippen LogP contribution in [0.3, 0.4) is 0 Å². The van der Waals surface area contributed by atoms with E-state index in [1.807, 2.05) is 0 Å². The number of thiol groups is 1. The number of carbonyl (C=O) groups is 4. The maximum Gasteiger partial charge on any atom is 0.320 e. The molecular formula is C13H22N2O9S. The van der Waals surface area contributed by atoms with E-state index in [2.05, 4.69) is 12.6 Å². The number of ether oxygens (including phenoxy) is 1. The molecule has 0 aromatic carbocycles. The van der Waals surface area contributed by atoms with Crippen LogP contribution >= 0.6 is 12.6 Å². The van der Waals surface area contributed by atoms with Gasteiger partial charge in [-0.3, -0.25) is 29.0 Å². The highest BCUT2D eigenvalue weighted by Gasteiger charge is 2.20. The molecule has 0 spiro atoms. The quantitative estimate of drug-likeness (QED) is 0.162. The molecular weight excluding hydrogens is 360 g/mol. The van der Waals surface area contributed by atoms with E-state index >= 15 is 0 Å². The van der Waals surface area contributed by atoms with Gasteiger partial charge in [-0.25, -0.2) is 0 Å². The summed E-state index contributed by atoms with van der Waals surface area (Å²) in [5.41, 5.74) is 0. The van der Waals surface area contributed by atoms with Crippen LogP contribution in [0.4, 0.5) is 0 Å². The second-order valence-electron chi connectivity index (χ2n) is 5.08. The molecule has 11 nitrogen and oxygen atoms in total. The molecule has 4 N–H and O–H groups in total. The summed E-state index contributed by atoms with van der Waals surface area (Å²) in [6, 6.07) is 0. The fourth-order valence-electron chi connectivity index (χ4n) is 1.82. The van der Waals surface area contributed by atoms with Crippen LogP contribution in [0, 0.1) is 0 Å². The van der Waals surface area contributed by atoms with Crippen LogP contribution in [0.25, 0.3) is 0 Å². The number of carbonyl (C=O) groups excluding carboxylic acids is 1. The molecule has 0 aromatic heterocycles. The second-order valence-corrected chi connectivity index (χ2v) is 5.44. The number of hydrogen-bond donors (Lipinski definition) is 5. The molecule has 144 valence electrons. The van der Waals surface area contributed by atoms with Gasteiger partial charge in [0.1, 0.15) is 6.10 Å². The summed E-state index contributed by atoms with van der Waals surface area (Å²) in [6.07, 6.45) is -0.821. The molecule has 0 bridgehead atoms. The van der Waals surface area contributed by atoms with Crippen LogP contribution in [-0.2, 0) is 23.9 Å². The fraction of sp³-hybridized carbons (Fsp3) is 0.692. The normalized spacial score (nSPS) is 12.2. The Morgan fingerprint density at radius 1 is 0.840 bits per heavy atom. The van der Waals surface area contributed by atoms with Gasteiger partial charge in [0.15, 0.2) is 0 Å². The van der Waals surface area contributed by atoms with E-state index in [0.29, 0.717) is 0 Å². The third kappa shape index (κ3) is 12.2. The van der Waals surface area contributed by atoms with E-state index < -0.39 is 62.8 Å². The average Bonchev–Trinajstić information content (AvgIpc) is 2.48. The van der Waals surface area contributed by atoms with Gasteiger partial charge in [-0.1, -0.05) is 0 Å². The first-order valence-electron chi connectivity index (χ1n) is 7.19. The van der Waals surface area contributed by atoms with Gasteiger partial charge in [-0.2, -0.15) is 12.6 Å². The third-order valence-electron chi connectivity index (χ3n) is 2.87. The van der Waals surface area contributed by atoms with Crippen molar-refractivity contribution in [3.8, 4) is 0 Å². The van der Waals surface area contributed by atoms with Crippen LogP contribution in [0.5, 0.6) is 0 Å². The second kappa shape index (κ2) is 12.5. The zero-order valence-corrected chi connectivity index (χ0v) is 14.3. The first-order chi connectivity index (χ1) is 11.7. The topological polar surface area (TPSA) is 165 Å². The Morgan fingerprint density at radius 2 is 1.24 bits per heavy atom. The predicted octanol–water partition coefficient (Wildman–Crippen LogP) is -2.32. The Bertz CT molecular complexity index is 454. The van der Waals surface area contributed by atoms with Crippen molar-refractivity contribution in [2.45, 2.75) is 6.10 Å². The number of carboxylic acid groups (broad SMARTS) is 3. The van der Waals surface area contributed by atoms with Crippen LogP contribution in [0.1, 0.15) is 0 Å². The fourth-order valence-corrected chi connectivity index (χ4v) is 2.01. The summed E-state index contributed by atoms with van der Waals surface area (Å²) >= 11 is 3.89. The van der Waals surface area contributed by atoms with Gasteiger partial charge < -0.3 is 25.2 Å². The smallest absolute Gasteiger partial charge is 0.320 e. The third-order valence-corrected chi connectivity index (χ3v) is 3.27. The lowest BCUT2D eigenvalue weighted by Gasteiger charge is -2.24. The molecule has 0 aromatic rings. The van der Waals surface area contributed by atoms with E-state index in [4.69, 9.17) is 25.2 Å².